The minimum Gasteiger partial charge on any atom is -0.406 e. The number of aromatic nitrogens is 2. The minimum atomic E-state index is -4.84. The van der Waals surface area contributed by atoms with Crippen molar-refractivity contribution in [2.24, 2.45) is 0 Å². The number of nitrogens with one attached hydrogen (secondary N) is 3. The molecule has 0 spiro atoms. The van der Waals surface area contributed by atoms with Gasteiger partial charge in [0.15, 0.2) is 0 Å². The topological polar surface area (TPSA) is 105 Å². The Morgan fingerprint density at radius 1 is 1.07 bits per heavy atom. The largest absolute Gasteiger partial charge is 0.573 e. The summed E-state index contributed by atoms with van der Waals surface area (Å²) in [4.78, 5) is 8.27. The van der Waals surface area contributed by atoms with Crippen LogP contribution in [0.25, 0.3) is 0 Å². The predicted molar refractivity (Wildman–Crippen MR) is 97.7 cm³/mol. The Morgan fingerprint density at radius 2 is 1.75 bits per heavy atom. The molecule has 28 heavy (non-hydrogen) atoms. The highest BCUT2D eigenvalue weighted by Gasteiger charge is 2.31. The number of alkyl halides is 3. The number of hydrogen-bond acceptors (Lipinski definition) is 7. The van der Waals surface area contributed by atoms with Gasteiger partial charge in [-0.3, -0.25) is 0 Å². The summed E-state index contributed by atoms with van der Waals surface area (Å²) in [6.07, 6.45) is -4.84. The molecule has 0 aliphatic heterocycles. The standard InChI is InChI=1S/C16H20F3N5O3S/c1-3-20-15-23-11(2)10-14(24-15)21-8-9-22-28(25,26)13-6-4-12(5-7-13)27-16(17,18)19/h4-7,10,22H,3,8-9H2,1-2H3,(H2,20,21,23,24). The number of sulfonamides is 1. The second-order valence-electron chi connectivity index (χ2n) is 5.59. The zero-order chi connectivity index (χ0) is 20.8. The van der Waals surface area contributed by atoms with Gasteiger partial charge in [0.25, 0.3) is 0 Å². The van der Waals surface area contributed by atoms with E-state index in [1.165, 1.54) is 0 Å². The van der Waals surface area contributed by atoms with Crippen LogP contribution in [0, 0.1) is 6.92 Å². The summed E-state index contributed by atoms with van der Waals surface area (Å²) in [6.45, 7) is 4.67. The molecular weight excluding hydrogens is 399 g/mol. The van der Waals surface area contributed by atoms with E-state index in [2.05, 4.69) is 30.1 Å². The second-order valence-corrected chi connectivity index (χ2v) is 7.36. The van der Waals surface area contributed by atoms with Crippen LogP contribution in [-0.4, -0.2) is 44.4 Å². The first-order valence-electron chi connectivity index (χ1n) is 8.28. The second kappa shape index (κ2) is 9.06. The molecular formula is C16H20F3N5O3S. The van der Waals surface area contributed by atoms with Gasteiger partial charge in [-0.15, -0.1) is 13.2 Å². The number of rotatable bonds is 9. The molecule has 0 aliphatic carbocycles. The van der Waals surface area contributed by atoms with Gasteiger partial charge in [-0.1, -0.05) is 0 Å². The molecule has 0 bridgehead atoms. The van der Waals surface area contributed by atoms with Crippen molar-refractivity contribution in [3.8, 4) is 5.75 Å². The molecule has 154 valence electrons. The summed E-state index contributed by atoms with van der Waals surface area (Å²) < 4.78 is 66.9. The van der Waals surface area contributed by atoms with Gasteiger partial charge < -0.3 is 15.4 Å². The third-order valence-electron chi connectivity index (χ3n) is 3.28. The first kappa shape index (κ1) is 21.7. The molecule has 0 saturated heterocycles. The molecule has 1 aromatic carbocycles. The molecule has 0 amide bonds. The van der Waals surface area contributed by atoms with Crippen molar-refractivity contribution in [2.75, 3.05) is 30.3 Å². The van der Waals surface area contributed by atoms with E-state index in [1.807, 2.05) is 13.8 Å². The summed E-state index contributed by atoms with van der Waals surface area (Å²) in [6, 6.07) is 5.66. The fourth-order valence-electron chi connectivity index (χ4n) is 2.18. The van der Waals surface area contributed by atoms with Crippen molar-refractivity contribution in [1.82, 2.24) is 14.7 Å². The summed E-state index contributed by atoms with van der Waals surface area (Å²) >= 11 is 0. The van der Waals surface area contributed by atoms with Gasteiger partial charge in [-0.2, -0.15) is 4.98 Å². The van der Waals surface area contributed by atoms with Gasteiger partial charge in [-0.25, -0.2) is 18.1 Å². The Bertz CT molecular complexity index is 889. The Labute approximate surface area is 160 Å². The highest BCUT2D eigenvalue weighted by molar-refractivity contribution is 7.89. The number of halogens is 3. The van der Waals surface area contributed by atoms with E-state index in [4.69, 9.17) is 0 Å². The zero-order valence-corrected chi connectivity index (χ0v) is 16.0. The lowest BCUT2D eigenvalue weighted by Crippen LogP contribution is -2.29. The van der Waals surface area contributed by atoms with Crippen LogP contribution in [-0.2, 0) is 10.0 Å². The number of ether oxygens (including phenoxy) is 1. The van der Waals surface area contributed by atoms with E-state index in [-0.39, 0.29) is 18.0 Å². The Balaban J connectivity index is 1.90. The summed E-state index contributed by atoms with van der Waals surface area (Å²) in [5.74, 6) is 0.506. The highest BCUT2D eigenvalue weighted by Crippen LogP contribution is 2.23. The first-order chi connectivity index (χ1) is 13.1. The molecule has 0 fully saturated rings. The van der Waals surface area contributed by atoms with Gasteiger partial charge >= 0.3 is 6.36 Å². The SMILES string of the molecule is CCNc1nc(C)cc(NCCNS(=O)(=O)c2ccc(OC(F)(F)F)cc2)n1. The Morgan fingerprint density at radius 3 is 2.36 bits per heavy atom. The van der Waals surface area contributed by atoms with Gasteiger partial charge in [0, 0.05) is 31.4 Å². The molecule has 8 nitrogen and oxygen atoms in total. The maximum absolute atomic E-state index is 12.2. The smallest absolute Gasteiger partial charge is 0.406 e. The average molecular weight is 419 g/mol. The van der Waals surface area contributed by atoms with E-state index >= 15 is 0 Å². The maximum Gasteiger partial charge on any atom is 0.573 e. The lowest BCUT2D eigenvalue weighted by molar-refractivity contribution is -0.274. The van der Waals surface area contributed by atoms with Gasteiger partial charge in [0.1, 0.15) is 11.6 Å². The number of hydrogen-bond donors (Lipinski definition) is 3. The van der Waals surface area contributed by atoms with E-state index < -0.39 is 22.1 Å². The lowest BCUT2D eigenvalue weighted by atomic mass is 10.3. The summed E-state index contributed by atoms with van der Waals surface area (Å²) in [5.41, 5.74) is 0.746. The van der Waals surface area contributed by atoms with Crippen LogP contribution in [0.3, 0.4) is 0 Å². The van der Waals surface area contributed by atoms with Crippen LogP contribution < -0.4 is 20.1 Å². The zero-order valence-electron chi connectivity index (χ0n) is 15.2. The molecule has 0 atom stereocenters. The van der Waals surface area contributed by atoms with E-state index in [1.54, 1.807) is 6.07 Å². The Kier molecular flexibility index (Phi) is 7.02. The monoisotopic (exact) mass is 419 g/mol. The maximum atomic E-state index is 12.2. The van der Waals surface area contributed by atoms with E-state index in [0.29, 0.717) is 18.3 Å². The van der Waals surface area contributed by atoms with E-state index in [0.717, 1.165) is 30.0 Å². The fraction of sp³-hybridized carbons (Fsp3) is 0.375. The molecule has 0 radical (unpaired) electrons. The molecule has 1 aromatic heterocycles. The number of nitrogens with zero attached hydrogens (tertiary/aromatic N) is 2. The van der Waals surface area contributed by atoms with Crippen molar-refractivity contribution < 1.29 is 26.3 Å². The molecule has 0 aliphatic rings. The normalized spacial score (nSPS) is 11.9. The third kappa shape index (κ3) is 6.85. The molecule has 1 heterocycles. The third-order valence-corrected chi connectivity index (χ3v) is 4.76. The van der Waals surface area contributed by atoms with Crippen molar-refractivity contribution in [3.05, 3.63) is 36.0 Å². The molecule has 2 aromatic rings. The summed E-state index contributed by atoms with van der Waals surface area (Å²) in [7, 11) is -3.87. The molecule has 0 unspecified atom stereocenters. The molecule has 0 saturated carbocycles. The van der Waals surface area contributed by atoms with Crippen LogP contribution in [0.5, 0.6) is 5.75 Å². The van der Waals surface area contributed by atoms with Gasteiger partial charge in [0.05, 0.1) is 4.90 Å². The number of benzene rings is 1. The Hall–Kier alpha value is -2.60. The number of aryl methyl sites for hydroxylation is 1. The van der Waals surface area contributed by atoms with Crippen LogP contribution in [0.4, 0.5) is 24.9 Å². The first-order valence-corrected chi connectivity index (χ1v) is 9.76. The van der Waals surface area contributed by atoms with Crippen molar-refractivity contribution in [2.45, 2.75) is 25.1 Å². The number of anilines is 2. The van der Waals surface area contributed by atoms with Crippen molar-refractivity contribution in [1.29, 1.82) is 0 Å². The van der Waals surface area contributed by atoms with Crippen LogP contribution in [0.2, 0.25) is 0 Å². The lowest BCUT2D eigenvalue weighted by Gasteiger charge is -2.11. The van der Waals surface area contributed by atoms with Gasteiger partial charge in [-0.05, 0) is 38.1 Å². The average Bonchev–Trinajstić information content (AvgIpc) is 2.58. The van der Waals surface area contributed by atoms with Gasteiger partial charge in [0.2, 0.25) is 16.0 Å². The minimum absolute atomic E-state index is 0.0444. The fourth-order valence-corrected chi connectivity index (χ4v) is 3.21. The molecule has 12 heteroatoms. The van der Waals surface area contributed by atoms with Crippen LogP contribution in [0.1, 0.15) is 12.6 Å². The highest BCUT2D eigenvalue weighted by atomic mass is 32.2. The quantitative estimate of drug-likeness (QED) is 0.537. The molecule has 3 N–H and O–H groups in total. The van der Waals surface area contributed by atoms with E-state index in [9.17, 15) is 21.6 Å². The van der Waals surface area contributed by atoms with Crippen LogP contribution in [0.15, 0.2) is 35.2 Å². The van der Waals surface area contributed by atoms with Crippen LogP contribution >= 0.6 is 0 Å². The summed E-state index contributed by atoms with van der Waals surface area (Å²) in [5, 5.41) is 5.97. The predicted octanol–water partition coefficient (Wildman–Crippen LogP) is 2.51. The van der Waals surface area contributed by atoms with Crippen molar-refractivity contribution >= 4 is 21.8 Å². The molecule has 2 rings (SSSR count). The van der Waals surface area contributed by atoms with Crippen molar-refractivity contribution in [3.63, 3.8) is 0 Å².